The first-order valence-corrected chi connectivity index (χ1v) is 8.52. The van der Waals surface area contributed by atoms with Gasteiger partial charge in [0.25, 0.3) is 6.01 Å². The maximum absolute atomic E-state index is 5.99. The molecule has 0 fully saturated rings. The predicted octanol–water partition coefficient (Wildman–Crippen LogP) is 3.64. The van der Waals surface area contributed by atoms with E-state index in [4.69, 9.17) is 20.8 Å². The quantitative estimate of drug-likeness (QED) is 0.406. The first kappa shape index (κ1) is 16.9. The van der Waals surface area contributed by atoms with Crippen molar-refractivity contribution < 1.29 is 9.15 Å². The number of halogens is 1. The lowest BCUT2D eigenvalue weighted by molar-refractivity contribution is 0.344. The summed E-state index contributed by atoms with van der Waals surface area (Å²) in [5.74, 6) is 7.21. The summed E-state index contributed by atoms with van der Waals surface area (Å²) in [6, 6.07) is 13.7. The van der Waals surface area contributed by atoms with Crippen molar-refractivity contribution in [3.63, 3.8) is 0 Å². The molecule has 1 aromatic carbocycles. The molecule has 0 saturated carbocycles. The van der Waals surface area contributed by atoms with Crippen molar-refractivity contribution in [3.05, 3.63) is 65.3 Å². The molecule has 0 saturated heterocycles. The third kappa shape index (κ3) is 4.19. The van der Waals surface area contributed by atoms with E-state index in [1.807, 2.05) is 42.5 Å². The fourth-order valence-electron chi connectivity index (χ4n) is 2.39. The van der Waals surface area contributed by atoms with Gasteiger partial charge in [0.15, 0.2) is 23.6 Å². The molecule has 3 heterocycles. The van der Waals surface area contributed by atoms with E-state index in [1.54, 1.807) is 6.26 Å². The molecule has 3 aromatic heterocycles. The SMILES string of the molecule is Clc1nc(NCc2ccco2)c2nc(OCC#Cc3ccccc3)[nH]c2n1. The fraction of sp³-hybridized carbons (Fsp3) is 0.105. The summed E-state index contributed by atoms with van der Waals surface area (Å²) in [5.41, 5.74) is 1.92. The van der Waals surface area contributed by atoms with Crippen LogP contribution >= 0.6 is 11.6 Å². The molecule has 0 bridgehead atoms. The van der Waals surface area contributed by atoms with E-state index in [0.29, 0.717) is 29.5 Å². The van der Waals surface area contributed by atoms with E-state index in [0.717, 1.165) is 11.3 Å². The lowest BCUT2D eigenvalue weighted by Gasteiger charge is -2.03. The zero-order valence-corrected chi connectivity index (χ0v) is 14.8. The third-order valence-electron chi connectivity index (χ3n) is 3.59. The minimum atomic E-state index is 0.100. The van der Waals surface area contributed by atoms with Crippen LogP contribution in [-0.2, 0) is 6.54 Å². The van der Waals surface area contributed by atoms with Crippen LogP contribution in [0.5, 0.6) is 6.01 Å². The van der Waals surface area contributed by atoms with Gasteiger partial charge >= 0.3 is 0 Å². The molecular formula is C19H14ClN5O2. The Hall–Kier alpha value is -3.50. The second-order valence-corrected chi connectivity index (χ2v) is 5.81. The number of aromatic nitrogens is 4. The molecule has 0 amide bonds. The van der Waals surface area contributed by atoms with Gasteiger partial charge in [-0.2, -0.15) is 15.0 Å². The van der Waals surface area contributed by atoms with E-state index < -0.39 is 0 Å². The molecule has 4 rings (SSSR count). The molecule has 7 nitrogen and oxygen atoms in total. The van der Waals surface area contributed by atoms with Crippen LogP contribution in [0.4, 0.5) is 5.82 Å². The summed E-state index contributed by atoms with van der Waals surface area (Å²) < 4.78 is 10.9. The van der Waals surface area contributed by atoms with Gasteiger partial charge in [0.2, 0.25) is 5.28 Å². The number of furan rings is 1. The normalized spacial score (nSPS) is 10.4. The zero-order chi connectivity index (χ0) is 18.5. The number of aromatic amines is 1. The molecule has 0 radical (unpaired) electrons. The van der Waals surface area contributed by atoms with Gasteiger partial charge in [-0.3, -0.25) is 4.98 Å². The van der Waals surface area contributed by atoms with Crippen LogP contribution in [0, 0.1) is 11.8 Å². The molecule has 134 valence electrons. The molecule has 8 heteroatoms. The summed E-state index contributed by atoms with van der Waals surface area (Å²) in [5, 5.41) is 3.24. The molecule has 0 aliphatic rings. The first-order chi connectivity index (χ1) is 13.3. The average molecular weight is 380 g/mol. The van der Waals surface area contributed by atoms with Crippen LogP contribution in [0.15, 0.2) is 53.1 Å². The number of H-pyrrole nitrogens is 1. The lowest BCUT2D eigenvalue weighted by Crippen LogP contribution is -2.02. The molecule has 0 aliphatic carbocycles. The Morgan fingerprint density at radius 3 is 2.81 bits per heavy atom. The Labute approximate surface area is 159 Å². The van der Waals surface area contributed by atoms with E-state index >= 15 is 0 Å². The van der Waals surface area contributed by atoms with Crippen LogP contribution in [0.1, 0.15) is 11.3 Å². The number of ether oxygens (including phenoxy) is 1. The minimum Gasteiger partial charge on any atom is -0.467 e. The van der Waals surface area contributed by atoms with Gasteiger partial charge in [-0.25, -0.2) is 0 Å². The van der Waals surface area contributed by atoms with Gasteiger partial charge in [0.05, 0.1) is 12.8 Å². The highest BCUT2D eigenvalue weighted by Gasteiger charge is 2.13. The number of imidazole rings is 1. The summed E-state index contributed by atoms with van der Waals surface area (Å²) in [6.07, 6.45) is 1.61. The van der Waals surface area contributed by atoms with Crippen LogP contribution in [0.3, 0.4) is 0 Å². The van der Waals surface area contributed by atoms with Crippen LogP contribution in [0.25, 0.3) is 11.2 Å². The van der Waals surface area contributed by atoms with Gasteiger partial charge in [0, 0.05) is 5.56 Å². The zero-order valence-electron chi connectivity index (χ0n) is 14.1. The second-order valence-electron chi connectivity index (χ2n) is 5.47. The van der Waals surface area contributed by atoms with Gasteiger partial charge in [-0.05, 0) is 35.9 Å². The van der Waals surface area contributed by atoms with Gasteiger partial charge in [-0.1, -0.05) is 30.0 Å². The summed E-state index contributed by atoms with van der Waals surface area (Å²) in [7, 11) is 0. The van der Waals surface area contributed by atoms with Crippen molar-refractivity contribution in [2.75, 3.05) is 11.9 Å². The van der Waals surface area contributed by atoms with Crippen molar-refractivity contribution in [3.8, 4) is 17.9 Å². The number of benzene rings is 1. The Kier molecular flexibility index (Phi) is 4.90. The highest BCUT2D eigenvalue weighted by Crippen LogP contribution is 2.23. The minimum absolute atomic E-state index is 0.100. The van der Waals surface area contributed by atoms with Crippen molar-refractivity contribution in [1.29, 1.82) is 0 Å². The summed E-state index contributed by atoms with van der Waals surface area (Å²) >= 11 is 5.99. The van der Waals surface area contributed by atoms with Crippen LogP contribution in [-0.4, -0.2) is 26.5 Å². The summed E-state index contributed by atoms with van der Waals surface area (Å²) in [4.78, 5) is 15.7. The first-order valence-electron chi connectivity index (χ1n) is 8.14. The number of anilines is 1. The smallest absolute Gasteiger partial charge is 0.296 e. The number of nitrogens with one attached hydrogen (secondary N) is 2. The van der Waals surface area contributed by atoms with E-state index in [2.05, 4.69) is 37.1 Å². The van der Waals surface area contributed by atoms with Crippen molar-refractivity contribution in [1.82, 2.24) is 19.9 Å². The van der Waals surface area contributed by atoms with Crippen LogP contribution in [0.2, 0.25) is 5.28 Å². The van der Waals surface area contributed by atoms with E-state index in [-0.39, 0.29) is 11.9 Å². The molecule has 0 atom stereocenters. The molecular weight excluding hydrogens is 366 g/mol. The van der Waals surface area contributed by atoms with Gasteiger partial charge < -0.3 is 14.5 Å². The molecule has 0 spiro atoms. The van der Waals surface area contributed by atoms with Gasteiger partial charge in [-0.15, -0.1) is 0 Å². The Balaban J connectivity index is 1.48. The number of rotatable bonds is 5. The largest absolute Gasteiger partial charge is 0.467 e. The topological polar surface area (TPSA) is 88.9 Å². The second kappa shape index (κ2) is 7.81. The number of fused-ring (bicyclic) bond motifs is 1. The standard InChI is InChI=1S/C19H14ClN5O2/c20-18-23-16(21-12-14-9-5-10-26-14)15-17(24-18)25-19(22-15)27-11-4-8-13-6-2-1-3-7-13/h1-3,5-7,9-10H,11-12H2,(H2,21,22,23,24,25). The Morgan fingerprint density at radius 2 is 2.00 bits per heavy atom. The third-order valence-corrected chi connectivity index (χ3v) is 3.76. The predicted molar refractivity (Wildman–Crippen MR) is 102 cm³/mol. The van der Waals surface area contributed by atoms with Crippen molar-refractivity contribution >= 4 is 28.6 Å². The molecule has 27 heavy (non-hydrogen) atoms. The molecule has 2 N–H and O–H groups in total. The average Bonchev–Trinajstić information content (AvgIpc) is 3.33. The van der Waals surface area contributed by atoms with Crippen molar-refractivity contribution in [2.45, 2.75) is 6.54 Å². The van der Waals surface area contributed by atoms with Crippen LogP contribution < -0.4 is 10.1 Å². The van der Waals surface area contributed by atoms with E-state index in [9.17, 15) is 0 Å². The number of hydrogen-bond donors (Lipinski definition) is 2. The monoisotopic (exact) mass is 379 g/mol. The molecule has 0 unspecified atom stereocenters. The Morgan fingerprint density at radius 1 is 1.11 bits per heavy atom. The van der Waals surface area contributed by atoms with Crippen molar-refractivity contribution in [2.24, 2.45) is 0 Å². The lowest BCUT2D eigenvalue weighted by atomic mass is 10.2. The Bertz CT molecular complexity index is 1100. The number of hydrogen-bond acceptors (Lipinski definition) is 6. The molecule has 4 aromatic rings. The maximum Gasteiger partial charge on any atom is 0.296 e. The highest BCUT2D eigenvalue weighted by atomic mass is 35.5. The maximum atomic E-state index is 5.99. The molecule has 0 aliphatic heterocycles. The number of nitrogens with zero attached hydrogens (tertiary/aromatic N) is 3. The summed E-state index contributed by atoms with van der Waals surface area (Å²) in [6.45, 7) is 0.631. The fourth-order valence-corrected chi connectivity index (χ4v) is 2.56. The highest BCUT2D eigenvalue weighted by molar-refractivity contribution is 6.28. The van der Waals surface area contributed by atoms with E-state index in [1.165, 1.54) is 0 Å². The van der Waals surface area contributed by atoms with Gasteiger partial charge in [0.1, 0.15) is 5.76 Å².